The van der Waals surface area contributed by atoms with Crippen LogP contribution in [0.4, 0.5) is 0 Å². The van der Waals surface area contributed by atoms with Gasteiger partial charge in [-0.3, -0.25) is 9.69 Å². The van der Waals surface area contributed by atoms with Gasteiger partial charge in [0, 0.05) is 38.9 Å². The fourth-order valence-electron chi connectivity index (χ4n) is 3.27. The van der Waals surface area contributed by atoms with Gasteiger partial charge < -0.3 is 14.8 Å². The highest BCUT2D eigenvalue weighted by Gasteiger charge is 2.36. The van der Waals surface area contributed by atoms with Crippen LogP contribution in [0.25, 0.3) is 0 Å². The van der Waals surface area contributed by atoms with E-state index in [0.29, 0.717) is 19.2 Å². The predicted molar refractivity (Wildman–Crippen MR) is 88.4 cm³/mol. The summed E-state index contributed by atoms with van der Waals surface area (Å²) in [4.78, 5) is 14.7. The number of rotatable bonds is 6. The minimum Gasteiger partial charge on any atom is -0.494 e. The maximum absolute atomic E-state index is 12.2. The van der Waals surface area contributed by atoms with Crippen molar-refractivity contribution in [3.05, 3.63) is 29.8 Å². The standard InChI is InChI=1S/C18H26N2O3/c1-2-23-17-5-3-4-14(10-17)11-19-18(21)15-12-20(13-15)16-6-8-22-9-7-16/h3-5,10,15-16H,2,6-9,11-13H2,1H3,(H,19,21). The smallest absolute Gasteiger partial charge is 0.225 e. The molecule has 1 N–H and O–H groups in total. The molecule has 23 heavy (non-hydrogen) atoms. The summed E-state index contributed by atoms with van der Waals surface area (Å²) in [6.45, 7) is 6.66. The monoisotopic (exact) mass is 318 g/mol. The number of hydrogen-bond donors (Lipinski definition) is 1. The van der Waals surface area contributed by atoms with E-state index in [4.69, 9.17) is 9.47 Å². The first-order valence-electron chi connectivity index (χ1n) is 8.57. The molecule has 2 aliphatic rings. The Morgan fingerprint density at radius 3 is 2.87 bits per heavy atom. The molecule has 2 saturated heterocycles. The van der Waals surface area contributed by atoms with Gasteiger partial charge in [-0.05, 0) is 37.5 Å². The summed E-state index contributed by atoms with van der Waals surface area (Å²) >= 11 is 0. The third kappa shape index (κ3) is 4.24. The SMILES string of the molecule is CCOc1cccc(CNC(=O)C2CN(C3CCOCC3)C2)c1. The minimum absolute atomic E-state index is 0.132. The Morgan fingerprint density at radius 1 is 1.35 bits per heavy atom. The molecular formula is C18H26N2O3. The molecule has 0 aromatic heterocycles. The van der Waals surface area contributed by atoms with Gasteiger partial charge in [-0.1, -0.05) is 12.1 Å². The van der Waals surface area contributed by atoms with E-state index < -0.39 is 0 Å². The van der Waals surface area contributed by atoms with Crippen LogP contribution in [0.2, 0.25) is 0 Å². The van der Waals surface area contributed by atoms with Crippen molar-refractivity contribution in [2.75, 3.05) is 32.9 Å². The second kappa shape index (κ2) is 7.79. The molecule has 126 valence electrons. The Kier molecular flexibility index (Phi) is 5.51. The van der Waals surface area contributed by atoms with Crippen LogP contribution in [0.3, 0.4) is 0 Å². The third-order valence-corrected chi connectivity index (χ3v) is 4.66. The van der Waals surface area contributed by atoms with E-state index >= 15 is 0 Å². The van der Waals surface area contributed by atoms with E-state index in [0.717, 1.165) is 50.5 Å². The van der Waals surface area contributed by atoms with Crippen LogP contribution in [0, 0.1) is 5.92 Å². The van der Waals surface area contributed by atoms with Crippen molar-refractivity contribution < 1.29 is 14.3 Å². The van der Waals surface area contributed by atoms with E-state index in [1.807, 2.05) is 31.2 Å². The van der Waals surface area contributed by atoms with Crippen molar-refractivity contribution in [3.63, 3.8) is 0 Å². The van der Waals surface area contributed by atoms with Gasteiger partial charge in [0.05, 0.1) is 12.5 Å². The molecular weight excluding hydrogens is 292 g/mol. The van der Waals surface area contributed by atoms with E-state index in [1.165, 1.54) is 0 Å². The number of likely N-dealkylation sites (tertiary alicyclic amines) is 1. The first-order valence-corrected chi connectivity index (χ1v) is 8.57. The molecule has 0 spiro atoms. The Morgan fingerprint density at radius 2 is 2.13 bits per heavy atom. The summed E-state index contributed by atoms with van der Waals surface area (Å²) in [7, 11) is 0. The molecule has 5 nitrogen and oxygen atoms in total. The molecule has 5 heteroatoms. The van der Waals surface area contributed by atoms with Gasteiger partial charge in [0.1, 0.15) is 5.75 Å². The molecule has 2 fully saturated rings. The lowest BCUT2D eigenvalue weighted by Gasteiger charge is -2.44. The van der Waals surface area contributed by atoms with Crippen molar-refractivity contribution in [2.45, 2.75) is 32.4 Å². The van der Waals surface area contributed by atoms with Crippen molar-refractivity contribution in [1.82, 2.24) is 10.2 Å². The van der Waals surface area contributed by atoms with Gasteiger partial charge in [-0.2, -0.15) is 0 Å². The van der Waals surface area contributed by atoms with Gasteiger partial charge in [0.15, 0.2) is 0 Å². The molecule has 3 rings (SSSR count). The van der Waals surface area contributed by atoms with E-state index in [1.54, 1.807) is 0 Å². The number of carbonyl (C=O) groups is 1. The molecule has 1 aromatic rings. The van der Waals surface area contributed by atoms with Crippen molar-refractivity contribution in [1.29, 1.82) is 0 Å². The summed E-state index contributed by atoms with van der Waals surface area (Å²) in [6.07, 6.45) is 2.19. The van der Waals surface area contributed by atoms with E-state index in [2.05, 4.69) is 10.2 Å². The number of benzene rings is 1. The first-order chi connectivity index (χ1) is 11.3. The summed E-state index contributed by atoms with van der Waals surface area (Å²) in [5.74, 6) is 1.15. The lowest BCUT2D eigenvalue weighted by Crippen LogP contribution is -2.58. The molecule has 0 bridgehead atoms. The maximum Gasteiger partial charge on any atom is 0.225 e. The predicted octanol–water partition coefficient (Wildman–Crippen LogP) is 1.81. The zero-order valence-corrected chi connectivity index (χ0v) is 13.8. The van der Waals surface area contributed by atoms with Crippen molar-refractivity contribution in [2.24, 2.45) is 5.92 Å². The van der Waals surface area contributed by atoms with Gasteiger partial charge in [-0.25, -0.2) is 0 Å². The highest BCUT2D eigenvalue weighted by Crippen LogP contribution is 2.24. The van der Waals surface area contributed by atoms with Crippen LogP contribution < -0.4 is 10.1 Å². The Balaban J connectivity index is 1.41. The number of amides is 1. The molecule has 0 unspecified atom stereocenters. The quantitative estimate of drug-likeness (QED) is 0.869. The Hall–Kier alpha value is -1.59. The summed E-state index contributed by atoms with van der Waals surface area (Å²) in [5, 5.41) is 3.05. The van der Waals surface area contributed by atoms with Crippen LogP contribution in [0.1, 0.15) is 25.3 Å². The molecule has 1 amide bonds. The summed E-state index contributed by atoms with van der Waals surface area (Å²) < 4.78 is 10.9. The van der Waals surface area contributed by atoms with E-state index in [-0.39, 0.29) is 11.8 Å². The fourth-order valence-corrected chi connectivity index (χ4v) is 3.27. The lowest BCUT2D eigenvalue weighted by molar-refractivity contribution is -0.132. The number of ether oxygens (including phenoxy) is 2. The molecule has 0 aliphatic carbocycles. The fraction of sp³-hybridized carbons (Fsp3) is 0.611. The topological polar surface area (TPSA) is 50.8 Å². The average molecular weight is 318 g/mol. The third-order valence-electron chi connectivity index (χ3n) is 4.66. The molecule has 2 aliphatic heterocycles. The van der Waals surface area contributed by atoms with Crippen LogP contribution in [0.5, 0.6) is 5.75 Å². The van der Waals surface area contributed by atoms with Crippen LogP contribution in [-0.2, 0) is 16.1 Å². The van der Waals surface area contributed by atoms with Crippen molar-refractivity contribution in [3.8, 4) is 5.75 Å². The van der Waals surface area contributed by atoms with Gasteiger partial charge in [-0.15, -0.1) is 0 Å². The number of nitrogens with one attached hydrogen (secondary N) is 1. The van der Waals surface area contributed by atoms with Crippen LogP contribution >= 0.6 is 0 Å². The van der Waals surface area contributed by atoms with E-state index in [9.17, 15) is 4.79 Å². The van der Waals surface area contributed by atoms with Gasteiger partial charge in [0.2, 0.25) is 5.91 Å². The highest BCUT2D eigenvalue weighted by molar-refractivity contribution is 5.80. The van der Waals surface area contributed by atoms with Crippen LogP contribution in [0.15, 0.2) is 24.3 Å². The van der Waals surface area contributed by atoms with Gasteiger partial charge in [0.25, 0.3) is 0 Å². The number of nitrogens with zero attached hydrogens (tertiary/aromatic N) is 1. The Bertz CT molecular complexity index is 523. The zero-order chi connectivity index (χ0) is 16.1. The van der Waals surface area contributed by atoms with Gasteiger partial charge >= 0.3 is 0 Å². The average Bonchev–Trinajstić information content (AvgIpc) is 2.53. The Labute approximate surface area is 137 Å². The van der Waals surface area contributed by atoms with Crippen molar-refractivity contribution >= 4 is 5.91 Å². The maximum atomic E-state index is 12.2. The largest absolute Gasteiger partial charge is 0.494 e. The van der Waals surface area contributed by atoms with Crippen LogP contribution in [-0.4, -0.2) is 49.8 Å². The number of hydrogen-bond acceptors (Lipinski definition) is 4. The molecule has 2 heterocycles. The molecule has 1 aromatic carbocycles. The zero-order valence-electron chi connectivity index (χ0n) is 13.8. The molecule has 0 saturated carbocycles. The highest BCUT2D eigenvalue weighted by atomic mass is 16.5. The lowest BCUT2D eigenvalue weighted by atomic mass is 9.94. The first kappa shape index (κ1) is 16.3. The second-order valence-corrected chi connectivity index (χ2v) is 6.29. The molecule has 0 atom stereocenters. The summed E-state index contributed by atoms with van der Waals surface area (Å²) in [5.41, 5.74) is 1.07. The summed E-state index contributed by atoms with van der Waals surface area (Å²) in [6, 6.07) is 8.50. The minimum atomic E-state index is 0.132. The normalized spacial score (nSPS) is 20.0. The number of carbonyl (C=O) groups excluding carboxylic acids is 1. The molecule has 0 radical (unpaired) electrons. The second-order valence-electron chi connectivity index (χ2n) is 6.29.